The standard InChI is InChI=1S/C13H17BrFNO/c1-10(2)9-17-4-3-16-8-11-5-12(14)7-13(15)6-11/h5-7,16H,1,3-4,8-9H2,2H3. The molecule has 0 aliphatic carbocycles. The van der Waals surface area contributed by atoms with E-state index in [1.54, 1.807) is 0 Å². The van der Waals surface area contributed by atoms with Gasteiger partial charge in [0.05, 0.1) is 13.2 Å². The van der Waals surface area contributed by atoms with Crippen LogP contribution in [0.4, 0.5) is 4.39 Å². The van der Waals surface area contributed by atoms with E-state index in [1.165, 1.54) is 12.1 Å². The summed E-state index contributed by atoms with van der Waals surface area (Å²) in [6.07, 6.45) is 0. The number of hydrogen-bond acceptors (Lipinski definition) is 2. The quantitative estimate of drug-likeness (QED) is 0.616. The molecule has 17 heavy (non-hydrogen) atoms. The zero-order chi connectivity index (χ0) is 12.7. The van der Waals surface area contributed by atoms with Crippen LogP contribution in [0.25, 0.3) is 0 Å². The molecule has 0 spiro atoms. The van der Waals surface area contributed by atoms with Crippen LogP contribution in [-0.4, -0.2) is 19.8 Å². The van der Waals surface area contributed by atoms with Crippen LogP contribution >= 0.6 is 15.9 Å². The highest BCUT2D eigenvalue weighted by Crippen LogP contribution is 2.14. The van der Waals surface area contributed by atoms with Gasteiger partial charge in [0.25, 0.3) is 0 Å². The second-order valence-electron chi connectivity index (χ2n) is 3.96. The average molecular weight is 302 g/mol. The zero-order valence-electron chi connectivity index (χ0n) is 9.93. The molecule has 0 bridgehead atoms. The van der Waals surface area contributed by atoms with E-state index in [9.17, 15) is 4.39 Å². The summed E-state index contributed by atoms with van der Waals surface area (Å²) >= 11 is 3.26. The Kier molecular flexibility index (Phi) is 6.40. The maximum atomic E-state index is 13.1. The van der Waals surface area contributed by atoms with Gasteiger partial charge in [0.15, 0.2) is 0 Å². The van der Waals surface area contributed by atoms with Gasteiger partial charge in [0.2, 0.25) is 0 Å². The van der Waals surface area contributed by atoms with Crippen molar-refractivity contribution in [3.63, 3.8) is 0 Å². The molecule has 1 aromatic carbocycles. The lowest BCUT2D eigenvalue weighted by Gasteiger charge is -2.06. The molecular weight excluding hydrogens is 285 g/mol. The topological polar surface area (TPSA) is 21.3 Å². The van der Waals surface area contributed by atoms with Gasteiger partial charge in [0.1, 0.15) is 5.82 Å². The van der Waals surface area contributed by atoms with Crippen molar-refractivity contribution < 1.29 is 9.13 Å². The van der Waals surface area contributed by atoms with Crippen LogP contribution in [0.3, 0.4) is 0 Å². The van der Waals surface area contributed by atoms with Gasteiger partial charge in [-0.2, -0.15) is 0 Å². The van der Waals surface area contributed by atoms with Gasteiger partial charge in [-0.3, -0.25) is 0 Å². The van der Waals surface area contributed by atoms with Gasteiger partial charge in [-0.25, -0.2) is 4.39 Å². The fraction of sp³-hybridized carbons (Fsp3) is 0.385. The Balaban J connectivity index is 2.20. The van der Waals surface area contributed by atoms with Gasteiger partial charge >= 0.3 is 0 Å². The molecule has 0 radical (unpaired) electrons. The third kappa shape index (κ3) is 6.56. The van der Waals surface area contributed by atoms with Crippen LogP contribution in [-0.2, 0) is 11.3 Å². The van der Waals surface area contributed by atoms with Gasteiger partial charge in [-0.1, -0.05) is 28.1 Å². The highest BCUT2D eigenvalue weighted by atomic mass is 79.9. The maximum absolute atomic E-state index is 13.1. The average Bonchev–Trinajstić information content (AvgIpc) is 2.21. The minimum atomic E-state index is -0.227. The molecule has 0 fully saturated rings. The third-order valence-corrected chi connectivity index (χ3v) is 2.48. The number of halogens is 2. The molecule has 0 aromatic heterocycles. The van der Waals surface area contributed by atoms with Crippen LogP contribution < -0.4 is 5.32 Å². The van der Waals surface area contributed by atoms with E-state index in [1.807, 2.05) is 13.0 Å². The van der Waals surface area contributed by atoms with Crippen molar-refractivity contribution in [3.8, 4) is 0 Å². The third-order valence-electron chi connectivity index (χ3n) is 2.02. The van der Waals surface area contributed by atoms with Gasteiger partial charge < -0.3 is 10.1 Å². The van der Waals surface area contributed by atoms with Crippen LogP contribution in [0, 0.1) is 5.82 Å². The molecule has 0 unspecified atom stereocenters. The lowest BCUT2D eigenvalue weighted by Crippen LogP contribution is -2.19. The molecular formula is C13H17BrFNO. The second kappa shape index (κ2) is 7.58. The minimum Gasteiger partial charge on any atom is -0.376 e. The lowest BCUT2D eigenvalue weighted by atomic mass is 10.2. The summed E-state index contributed by atoms with van der Waals surface area (Å²) < 4.78 is 19.1. The summed E-state index contributed by atoms with van der Waals surface area (Å²) in [5.41, 5.74) is 1.93. The normalized spacial score (nSPS) is 10.5. The van der Waals surface area contributed by atoms with Crippen LogP contribution in [0.2, 0.25) is 0 Å². The summed E-state index contributed by atoms with van der Waals surface area (Å²) in [5, 5.41) is 3.19. The van der Waals surface area contributed by atoms with Crippen molar-refractivity contribution in [3.05, 3.63) is 46.2 Å². The first kappa shape index (κ1) is 14.4. The Labute approximate surface area is 110 Å². The van der Waals surface area contributed by atoms with E-state index in [2.05, 4.69) is 27.8 Å². The molecule has 1 aromatic rings. The smallest absolute Gasteiger partial charge is 0.124 e. The maximum Gasteiger partial charge on any atom is 0.124 e. The molecule has 1 N–H and O–H groups in total. The SMILES string of the molecule is C=C(C)COCCNCc1cc(F)cc(Br)c1. The molecule has 0 aliphatic heterocycles. The van der Waals surface area contributed by atoms with Crippen molar-refractivity contribution in [2.24, 2.45) is 0 Å². The second-order valence-corrected chi connectivity index (χ2v) is 4.88. The summed E-state index contributed by atoms with van der Waals surface area (Å²) in [7, 11) is 0. The van der Waals surface area contributed by atoms with Crippen molar-refractivity contribution in [2.45, 2.75) is 13.5 Å². The Bertz CT molecular complexity index is 361. The van der Waals surface area contributed by atoms with Gasteiger partial charge in [-0.05, 0) is 30.7 Å². The molecule has 0 atom stereocenters. The Hall–Kier alpha value is -0.710. The molecule has 0 saturated heterocycles. The number of benzene rings is 1. The highest BCUT2D eigenvalue weighted by molar-refractivity contribution is 9.10. The van der Waals surface area contributed by atoms with Crippen molar-refractivity contribution >= 4 is 15.9 Å². The van der Waals surface area contributed by atoms with E-state index in [-0.39, 0.29) is 5.82 Å². The number of rotatable bonds is 7. The lowest BCUT2D eigenvalue weighted by molar-refractivity contribution is 0.158. The van der Waals surface area contributed by atoms with Crippen molar-refractivity contribution in [2.75, 3.05) is 19.8 Å². The summed E-state index contributed by atoms with van der Waals surface area (Å²) in [6, 6.07) is 4.86. The largest absolute Gasteiger partial charge is 0.376 e. The molecule has 94 valence electrons. The summed E-state index contributed by atoms with van der Waals surface area (Å²) in [6.45, 7) is 8.26. The molecule has 4 heteroatoms. The molecule has 1 rings (SSSR count). The first-order valence-electron chi connectivity index (χ1n) is 5.46. The van der Waals surface area contributed by atoms with Crippen LogP contribution in [0.15, 0.2) is 34.8 Å². The minimum absolute atomic E-state index is 0.227. The monoisotopic (exact) mass is 301 g/mol. The summed E-state index contributed by atoms with van der Waals surface area (Å²) in [5.74, 6) is -0.227. The number of ether oxygens (including phenoxy) is 1. The molecule has 2 nitrogen and oxygen atoms in total. The highest BCUT2D eigenvalue weighted by Gasteiger charge is 1.98. The first-order chi connectivity index (χ1) is 8.08. The predicted molar refractivity (Wildman–Crippen MR) is 71.4 cm³/mol. The van der Waals surface area contributed by atoms with Gasteiger partial charge in [0, 0.05) is 17.6 Å². The van der Waals surface area contributed by atoms with E-state index in [4.69, 9.17) is 4.74 Å². The molecule has 0 aliphatic rings. The molecule has 0 heterocycles. The Morgan fingerprint density at radius 1 is 1.47 bits per heavy atom. The summed E-state index contributed by atoms with van der Waals surface area (Å²) in [4.78, 5) is 0. The molecule has 0 saturated carbocycles. The first-order valence-corrected chi connectivity index (χ1v) is 6.25. The Morgan fingerprint density at radius 3 is 2.88 bits per heavy atom. The zero-order valence-corrected chi connectivity index (χ0v) is 11.5. The van der Waals surface area contributed by atoms with Gasteiger partial charge in [-0.15, -0.1) is 0 Å². The number of hydrogen-bond donors (Lipinski definition) is 1. The van der Waals surface area contributed by atoms with E-state index in [0.717, 1.165) is 22.2 Å². The fourth-order valence-corrected chi connectivity index (χ4v) is 1.85. The Morgan fingerprint density at radius 2 is 2.24 bits per heavy atom. The van der Waals surface area contributed by atoms with E-state index in [0.29, 0.717) is 19.8 Å². The fourth-order valence-electron chi connectivity index (χ4n) is 1.34. The number of nitrogens with one attached hydrogen (secondary N) is 1. The predicted octanol–water partition coefficient (Wildman–Crippen LogP) is 3.27. The van der Waals surface area contributed by atoms with Crippen LogP contribution in [0.1, 0.15) is 12.5 Å². The van der Waals surface area contributed by atoms with Crippen molar-refractivity contribution in [1.82, 2.24) is 5.32 Å². The van der Waals surface area contributed by atoms with Crippen LogP contribution in [0.5, 0.6) is 0 Å². The van der Waals surface area contributed by atoms with E-state index < -0.39 is 0 Å². The van der Waals surface area contributed by atoms with E-state index >= 15 is 0 Å². The van der Waals surface area contributed by atoms with Crippen molar-refractivity contribution in [1.29, 1.82) is 0 Å². The molecule has 0 amide bonds.